The average molecular weight is 236 g/mol. The smallest absolute Gasteiger partial charge is 0.0217 e. The highest BCUT2D eigenvalue weighted by molar-refractivity contribution is 5.01. The Morgan fingerprint density at radius 2 is 1.53 bits per heavy atom. The molecule has 0 atom stereocenters. The summed E-state index contributed by atoms with van der Waals surface area (Å²) >= 11 is 0. The van der Waals surface area contributed by atoms with Crippen molar-refractivity contribution in [2.75, 3.05) is 39.3 Å². The van der Waals surface area contributed by atoms with Crippen molar-refractivity contribution in [2.45, 2.75) is 34.1 Å². The largest absolute Gasteiger partial charge is 0.301 e. The van der Waals surface area contributed by atoms with Gasteiger partial charge >= 0.3 is 0 Å². The van der Waals surface area contributed by atoms with Crippen molar-refractivity contribution in [1.82, 2.24) is 9.80 Å². The van der Waals surface area contributed by atoms with Gasteiger partial charge in [0.25, 0.3) is 0 Å². The Morgan fingerprint density at radius 3 is 2.06 bits per heavy atom. The predicted molar refractivity (Wildman–Crippen MR) is 74.9 cm³/mol. The van der Waals surface area contributed by atoms with Crippen LogP contribution in [0.15, 0.2) is 0 Å². The van der Waals surface area contributed by atoms with Gasteiger partial charge in [0.15, 0.2) is 0 Å². The number of hydrogen-bond donors (Lipinski definition) is 0. The maximum absolute atomic E-state index is 3.27. The molecule has 0 saturated carbocycles. The molecule has 0 aliphatic carbocycles. The fourth-order valence-corrected chi connectivity index (χ4v) is 2.20. The summed E-state index contributed by atoms with van der Waals surface area (Å²) in [4.78, 5) is 5.13. The van der Waals surface area contributed by atoms with Gasteiger partial charge in [0, 0.05) is 51.6 Å². The predicted octanol–water partition coefficient (Wildman–Crippen LogP) is 2.31. The Kier molecular flexibility index (Phi) is 6.62. The van der Waals surface area contributed by atoms with Crippen LogP contribution in [0.4, 0.5) is 0 Å². The molecule has 0 radical (unpaired) electrons. The summed E-state index contributed by atoms with van der Waals surface area (Å²) in [5.74, 6) is 7.81. The Bertz CT molecular complexity index is 252. The molecular weight excluding hydrogens is 208 g/mol. The maximum Gasteiger partial charge on any atom is 0.0217 e. The Morgan fingerprint density at radius 1 is 0.941 bits per heavy atom. The number of hydrogen-bond acceptors (Lipinski definition) is 2. The van der Waals surface area contributed by atoms with Gasteiger partial charge in [0.05, 0.1) is 0 Å². The normalized spacial score (nSPS) is 18.5. The van der Waals surface area contributed by atoms with Gasteiger partial charge in [0.2, 0.25) is 0 Å². The van der Waals surface area contributed by atoms with Crippen molar-refractivity contribution in [3.63, 3.8) is 0 Å². The second-order valence-corrected chi connectivity index (χ2v) is 5.76. The molecule has 1 aliphatic rings. The molecule has 0 aromatic carbocycles. The van der Waals surface area contributed by atoms with E-state index in [0.29, 0.717) is 5.92 Å². The fourth-order valence-electron chi connectivity index (χ4n) is 2.20. The van der Waals surface area contributed by atoms with Crippen molar-refractivity contribution >= 4 is 0 Å². The van der Waals surface area contributed by atoms with Crippen LogP contribution < -0.4 is 0 Å². The lowest BCUT2D eigenvalue weighted by Gasteiger charge is -2.35. The molecule has 2 heteroatoms. The lowest BCUT2D eigenvalue weighted by atomic mass is 10.2. The second-order valence-electron chi connectivity index (χ2n) is 5.76. The van der Waals surface area contributed by atoms with Crippen molar-refractivity contribution in [1.29, 1.82) is 0 Å². The van der Waals surface area contributed by atoms with Crippen LogP contribution in [0.2, 0.25) is 0 Å². The molecule has 2 nitrogen and oxygen atoms in total. The summed E-state index contributed by atoms with van der Waals surface area (Å²) in [6.45, 7) is 16.2. The van der Waals surface area contributed by atoms with Crippen molar-refractivity contribution in [3.8, 4) is 11.8 Å². The van der Waals surface area contributed by atoms with E-state index in [0.717, 1.165) is 18.9 Å². The first-order valence-electron chi connectivity index (χ1n) is 7.01. The van der Waals surface area contributed by atoms with E-state index in [2.05, 4.69) is 49.3 Å². The average Bonchev–Trinajstić information content (AvgIpc) is 2.25. The molecule has 1 saturated heterocycles. The molecule has 0 aromatic heterocycles. The molecule has 17 heavy (non-hydrogen) atoms. The minimum absolute atomic E-state index is 0.512. The first-order valence-corrected chi connectivity index (χ1v) is 7.01. The molecule has 1 rings (SSSR count). The molecule has 0 N–H and O–H groups in total. The number of rotatable bonds is 4. The van der Waals surface area contributed by atoms with Crippen LogP contribution >= 0.6 is 0 Å². The van der Waals surface area contributed by atoms with E-state index in [-0.39, 0.29) is 0 Å². The van der Waals surface area contributed by atoms with Crippen LogP contribution in [-0.2, 0) is 0 Å². The summed E-state index contributed by atoms with van der Waals surface area (Å²) in [5, 5.41) is 0. The summed E-state index contributed by atoms with van der Waals surface area (Å²) in [7, 11) is 0. The zero-order chi connectivity index (χ0) is 12.7. The van der Waals surface area contributed by atoms with Gasteiger partial charge in [-0.15, -0.1) is 11.8 Å². The fraction of sp³-hybridized carbons (Fsp3) is 0.867. The Balaban J connectivity index is 2.13. The third-order valence-electron chi connectivity index (χ3n) is 3.03. The molecule has 1 heterocycles. The number of piperazine rings is 1. The lowest BCUT2D eigenvalue weighted by molar-refractivity contribution is 0.124. The third kappa shape index (κ3) is 6.71. The van der Waals surface area contributed by atoms with Crippen LogP contribution in [-0.4, -0.2) is 49.1 Å². The standard InChI is InChI=1S/C15H28N2/c1-14(2)7-5-6-8-16-9-11-17(12-10-16)13-15(3)4/h14-15H,6,8-13H2,1-4H3. The quantitative estimate of drug-likeness (QED) is 0.691. The Hall–Kier alpha value is -0.520. The molecule has 0 spiro atoms. The minimum Gasteiger partial charge on any atom is -0.301 e. The van der Waals surface area contributed by atoms with E-state index in [1.165, 1.54) is 32.7 Å². The zero-order valence-electron chi connectivity index (χ0n) is 12.0. The van der Waals surface area contributed by atoms with Gasteiger partial charge in [0.1, 0.15) is 0 Å². The molecule has 98 valence electrons. The van der Waals surface area contributed by atoms with Gasteiger partial charge in [-0.25, -0.2) is 0 Å². The molecule has 0 bridgehead atoms. The van der Waals surface area contributed by atoms with Gasteiger partial charge in [-0.1, -0.05) is 27.7 Å². The molecule has 1 aliphatic heterocycles. The second kappa shape index (κ2) is 7.74. The van der Waals surface area contributed by atoms with E-state index in [1.807, 2.05) is 0 Å². The molecular formula is C15H28N2. The summed E-state index contributed by atoms with van der Waals surface area (Å²) < 4.78 is 0. The van der Waals surface area contributed by atoms with Gasteiger partial charge in [-0.3, -0.25) is 4.90 Å². The van der Waals surface area contributed by atoms with Gasteiger partial charge < -0.3 is 4.90 Å². The highest BCUT2D eigenvalue weighted by Crippen LogP contribution is 2.05. The summed E-state index contributed by atoms with van der Waals surface area (Å²) in [5.41, 5.74) is 0. The third-order valence-corrected chi connectivity index (χ3v) is 3.03. The van der Waals surface area contributed by atoms with Gasteiger partial charge in [-0.2, -0.15) is 0 Å². The van der Waals surface area contributed by atoms with Crippen LogP contribution in [0.5, 0.6) is 0 Å². The van der Waals surface area contributed by atoms with E-state index in [4.69, 9.17) is 0 Å². The minimum atomic E-state index is 0.512. The number of nitrogens with zero attached hydrogens (tertiary/aromatic N) is 2. The highest BCUT2D eigenvalue weighted by Gasteiger charge is 2.16. The van der Waals surface area contributed by atoms with E-state index in [9.17, 15) is 0 Å². The van der Waals surface area contributed by atoms with Gasteiger partial charge in [-0.05, 0) is 5.92 Å². The topological polar surface area (TPSA) is 6.48 Å². The highest BCUT2D eigenvalue weighted by atomic mass is 15.3. The summed E-state index contributed by atoms with van der Waals surface area (Å²) in [6.07, 6.45) is 1.03. The lowest BCUT2D eigenvalue weighted by Crippen LogP contribution is -2.47. The zero-order valence-corrected chi connectivity index (χ0v) is 12.0. The molecule has 0 unspecified atom stereocenters. The van der Waals surface area contributed by atoms with E-state index in [1.54, 1.807) is 0 Å². The van der Waals surface area contributed by atoms with Crippen LogP contribution in [0.1, 0.15) is 34.1 Å². The van der Waals surface area contributed by atoms with Crippen molar-refractivity contribution in [2.24, 2.45) is 11.8 Å². The van der Waals surface area contributed by atoms with Crippen LogP contribution in [0, 0.1) is 23.7 Å². The molecule has 1 fully saturated rings. The van der Waals surface area contributed by atoms with E-state index >= 15 is 0 Å². The van der Waals surface area contributed by atoms with Crippen LogP contribution in [0.3, 0.4) is 0 Å². The van der Waals surface area contributed by atoms with Crippen LogP contribution in [0.25, 0.3) is 0 Å². The monoisotopic (exact) mass is 236 g/mol. The first kappa shape index (κ1) is 14.5. The van der Waals surface area contributed by atoms with E-state index < -0.39 is 0 Å². The van der Waals surface area contributed by atoms with Crippen molar-refractivity contribution < 1.29 is 0 Å². The Labute approximate surface area is 107 Å². The summed E-state index contributed by atoms with van der Waals surface area (Å²) in [6, 6.07) is 0. The first-order chi connectivity index (χ1) is 8.08. The van der Waals surface area contributed by atoms with Crippen molar-refractivity contribution in [3.05, 3.63) is 0 Å². The molecule has 0 aromatic rings. The maximum atomic E-state index is 3.27. The SMILES string of the molecule is CC(C)C#CCCN1CCN(CC(C)C)CC1. The molecule has 0 amide bonds.